The second-order valence-corrected chi connectivity index (χ2v) is 5.54. The highest BCUT2D eigenvalue weighted by Crippen LogP contribution is 2.16. The summed E-state index contributed by atoms with van der Waals surface area (Å²) in [6.07, 6.45) is 0.969. The van der Waals surface area contributed by atoms with Gasteiger partial charge >= 0.3 is 5.76 Å². The van der Waals surface area contributed by atoms with Gasteiger partial charge in [0.2, 0.25) is 5.91 Å². The molecule has 0 spiro atoms. The van der Waals surface area contributed by atoms with Crippen molar-refractivity contribution in [2.75, 3.05) is 11.9 Å². The average molecular weight is 326 g/mol. The molecule has 0 aliphatic heterocycles. The van der Waals surface area contributed by atoms with E-state index in [1.54, 1.807) is 18.2 Å². The zero-order valence-corrected chi connectivity index (χ0v) is 13.3. The van der Waals surface area contributed by atoms with Crippen LogP contribution in [0.2, 0.25) is 0 Å². The van der Waals surface area contributed by atoms with Gasteiger partial charge in [0.25, 0.3) is 0 Å². The summed E-state index contributed by atoms with van der Waals surface area (Å²) in [6.45, 7) is 2.48. The summed E-state index contributed by atoms with van der Waals surface area (Å²) in [5, 5.41) is 2.79. The maximum atomic E-state index is 12.0. The Morgan fingerprint density at radius 2 is 2.12 bits per heavy atom. The van der Waals surface area contributed by atoms with Gasteiger partial charge in [-0.15, -0.1) is 0 Å². The number of aromatic nitrogens is 1. The van der Waals surface area contributed by atoms with Crippen molar-refractivity contribution in [3.8, 4) is 5.75 Å². The van der Waals surface area contributed by atoms with Gasteiger partial charge in [0.15, 0.2) is 5.58 Å². The van der Waals surface area contributed by atoms with Crippen LogP contribution in [0.25, 0.3) is 11.1 Å². The van der Waals surface area contributed by atoms with Gasteiger partial charge in [-0.05, 0) is 49.2 Å². The lowest BCUT2D eigenvalue weighted by molar-refractivity contribution is -0.116. The van der Waals surface area contributed by atoms with Gasteiger partial charge in [0, 0.05) is 12.1 Å². The molecule has 6 heteroatoms. The monoisotopic (exact) mass is 326 g/mol. The number of hydrogen-bond acceptors (Lipinski definition) is 4. The van der Waals surface area contributed by atoms with Crippen LogP contribution in [0.5, 0.6) is 5.75 Å². The van der Waals surface area contributed by atoms with Gasteiger partial charge in [-0.3, -0.25) is 9.78 Å². The van der Waals surface area contributed by atoms with Crippen LogP contribution < -0.4 is 15.8 Å². The molecule has 2 aromatic carbocycles. The number of hydrogen-bond donors (Lipinski definition) is 2. The van der Waals surface area contributed by atoms with Crippen molar-refractivity contribution in [2.24, 2.45) is 0 Å². The first kappa shape index (κ1) is 15.9. The van der Waals surface area contributed by atoms with Crippen molar-refractivity contribution in [3.63, 3.8) is 0 Å². The molecule has 0 atom stereocenters. The Kier molecular flexibility index (Phi) is 4.65. The Balaban J connectivity index is 1.47. The molecule has 0 saturated heterocycles. The van der Waals surface area contributed by atoms with Crippen LogP contribution >= 0.6 is 0 Å². The first-order valence-electron chi connectivity index (χ1n) is 7.72. The van der Waals surface area contributed by atoms with Gasteiger partial charge < -0.3 is 14.5 Å². The molecule has 124 valence electrons. The van der Waals surface area contributed by atoms with Crippen molar-refractivity contribution in [3.05, 3.63) is 58.6 Å². The second-order valence-electron chi connectivity index (χ2n) is 5.54. The molecule has 0 radical (unpaired) electrons. The number of amides is 1. The Morgan fingerprint density at radius 3 is 2.96 bits per heavy atom. The quantitative estimate of drug-likeness (QED) is 0.681. The predicted octanol–water partition coefficient (Wildman–Crippen LogP) is 3.23. The molecule has 0 aliphatic carbocycles. The fraction of sp³-hybridized carbons (Fsp3) is 0.222. The molecule has 24 heavy (non-hydrogen) atoms. The van der Waals surface area contributed by atoms with E-state index in [2.05, 4.69) is 10.3 Å². The maximum Gasteiger partial charge on any atom is 0.417 e. The molecule has 1 heterocycles. The van der Waals surface area contributed by atoms with Crippen LogP contribution in [0.15, 0.2) is 51.7 Å². The van der Waals surface area contributed by atoms with E-state index in [1.807, 2.05) is 31.2 Å². The van der Waals surface area contributed by atoms with Crippen LogP contribution in [-0.4, -0.2) is 17.5 Å². The van der Waals surface area contributed by atoms with Crippen LogP contribution in [0.3, 0.4) is 0 Å². The van der Waals surface area contributed by atoms with Crippen molar-refractivity contribution in [1.82, 2.24) is 4.98 Å². The van der Waals surface area contributed by atoms with Crippen molar-refractivity contribution in [2.45, 2.75) is 19.8 Å². The Labute approximate surface area is 138 Å². The molecule has 3 aromatic rings. The summed E-state index contributed by atoms with van der Waals surface area (Å²) in [4.78, 5) is 25.6. The largest absolute Gasteiger partial charge is 0.494 e. The predicted molar refractivity (Wildman–Crippen MR) is 91.4 cm³/mol. The van der Waals surface area contributed by atoms with Gasteiger partial charge in [0.05, 0.1) is 12.1 Å². The lowest BCUT2D eigenvalue weighted by atomic mass is 10.2. The van der Waals surface area contributed by atoms with E-state index in [0.717, 1.165) is 11.3 Å². The average Bonchev–Trinajstić information content (AvgIpc) is 2.91. The molecular weight excluding hydrogens is 308 g/mol. The Morgan fingerprint density at radius 1 is 1.25 bits per heavy atom. The highest BCUT2D eigenvalue weighted by molar-refractivity contribution is 5.92. The Bertz CT molecular complexity index is 911. The number of ether oxygens (including phenoxy) is 1. The summed E-state index contributed by atoms with van der Waals surface area (Å²) in [5.41, 5.74) is 2.77. The standard InChI is InChI=1S/C18H18N2O4/c1-12-4-2-5-14(10-12)23-9-3-6-17(21)19-13-7-8-16-15(11-13)20-18(22)24-16/h2,4-5,7-8,10-11H,3,6,9H2,1H3,(H,19,21)(H,20,22). The van der Waals surface area contributed by atoms with Gasteiger partial charge in [0.1, 0.15) is 5.75 Å². The lowest BCUT2D eigenvalue weighted by Gasteiger charge is -2.07. The lowest BCUT2D eigenvalue weighted by Crippen LogP contribution is -2.12. The molecule has 0 aliphatic rings. The number of carbonyl (C=O) groups is 1. The van der Waals surface area contributed by atoms with E-state index in [-0.39, 0.29) is 5.91 Å². The molecule has 1 aromatic heterocycles. The van der Waals surface area contributed by atoms with E-state index in [4.69, 9.17) is 9.15 Å². The van der Waals surface area contributed by atoms with Gasteiger partial charge in [-0.2, -0.15) is 0 Å². The summed E-state index contributed by atoms with van der Waals surface area (Å²) in [6, 6.07) is 12.8. The topological polar surface area (TPSA) is 84.3 Å². The number of fused-ring (bicyclic) bond motifs is 1. The third-order valence-corrected chi connectivity index (χ3v) is 3.51. The first-order valence-corrected chi connectivity index (χ1v) is 7.72. The number of oxazole rings is 1. The summed E-state index contributed by atoms with van der Waals surface area (Å²) < 4.78 is 10.5. The minimum atomic E-state index is -0.512. The van der Waals surface area contributed by atoms with Gasteiger partial charge in [-0.25, -0.2) is 4.79 Å². The second kappa shape index (κ2) is 7.04. The highest BCUT2D eigenvalue weighted by atomic mass is 16.5. The van der Waals surface area contributed by atoms with Gasteiger partial charge in [-0.1, -0.05) is 12.1 Å². The normalized spacial score (nSPS) is 10.7. The number of carbonyl (C=O) groups excluding carboxylic acids is 1. The summed E-state index contributed by atoms with van der Waals surface area (Å²) >= 11 is 0. The number of nitrogens with one attached hydrogen (secondary N) is 2. The molecule has 0 saturated carbocycles. The van der Waals surface area contributed by atoms with E-state index in [1.165, 1.54) is 0 Å². The van der Waals surface area contributed by atoms with Crippen LogP contribution in [0.1, 0.15) is 18.4 Å². The van der Waals surface area contributed by atoms with Crippen molar-refractivity contribution in [1.29, 1.82) is 0 Å². The molecule has 6 nitrogen and oxygen atoms in total. The number of anilines is 1. The number of aryl methyl sites for hydroxylation is 1. The molecule has 1 amide bonds. The number of rotatable bonds is 6. The van der Waals surface area contributed by atoms with E-state index < -0.39 is 5.76 Å². The van der Waals surface area contributed by atoms with E-state index in [0.29, 0.717) is 36.2 Å². The smallest absolute Gasteiger partial charge is 0.417 e. The summed E-state index contributed by atoms with van der Waals surface area (Å²) in [5.74, 6) is 0.194. The third kappa shape index (κ3) is 4.04. The number of H-pyrrole nitrogens is 1. The molecule has 2 N–H and O–H groups in total. The van der Waals surface area contributed by atoms with E-state index in [9.17, 15) is 9.59 Å². The zero-order chi connectivity index (χ0) is 16.9. The highest BCUT2D eigenvalue weighted by Gasteiger charge is 2.06. The minimum Gasteiger partial charge on any atom is -0.494 e. The molecule has 0 unspecified atom stereocenters. The fourth-order valence-electron chi connectivity index (χ4n) is 2.38. The Hall–Kier alpha value is -3.02. The number of aromatic amines is 1. The van der Waals surface area contributed by atoms with Crippen molar-refractivity contribution < 1.29 is 13.9 Å². The zero-order valence-electron chi connectivity index (χ0n) is 13.3. The van der Waals surface area contributed by atoms with Crippen LogP contribution in [-0.2, 0) is 4.79 Å². The van der Waals surface area contributed by atoms with E-state index >= 15 is 0 Å². The third-order valence-electron chi connectivity index (χ3n) is 3.51. The fourth-order valence-corrected chi connectivity index (χ4v) is 2.38. The van der Waals surface area contributed by atoms with Crippen LogP contribution in [0.4, 0.5) is 5.69 Å². The van der Waals surface area contributed by atoms with Crippen LogP contribution in [0, 0.1) is 6.92 Å². The molecular formula is C18H18N2O4. The first-order chi connectivity index (χ1) is 11.6. The number of benzene rings is 2. The minimum absolute atomic E-state index is 0.104. The maximum absolute atomic E-state index is 12.0. The molecule has 0 fully saturated rings. The molecule has 3 rings (SSSR count). The van der Waals surface area contributed by atoms with Crippen molar-refractivity contribution >= 4 is 22.7 Å². The SMILES string of the molecule is Cc1cccc(OCCCC(=O)Nc2ccc3oc(=O)[nH]c3c2)c1. The summed E-state index contributed by atoms with van der Waals surface area (Å²) in [7, 11) is 0. The molecule has 0 bridgehead atoms.